The number of H-pyrrole nitrogens is 2. The average Bonchev–Trinajstić information content (AvgIpc) is 3.42. The van der Waals surface area contributed by atoms with Gasteiger partial charge < -0.3 is 19.8 Å². The maximum atomic E-state index is 12.5. The summed E-state index contributed by atoms with van der Waals surface area (Å²) in [6, 6.07) is 13.3. The third kappa shape index (κ3) is 2.36. The van der Waals surface area contributed by atoms with E-state index in [2.05, 4.69) is 22.1 Å². The number of hydrogen-bond donors (Lipinski definition) is 3. The van der Waals surface area contributed by atoms with Crippen molar-refractivity contribution in [2.45, 2.75) is 6.42 Å². The molecule has 0 saturated carbocycles. The van der Waals surface area contributed by atoms with Gasteiger partial charge in [0.2, 0.25) is 0 Å². The number of aromatic hydroxyl groups is 1. The first-order valence-electron chi connectivity index (χ1n) is 9.06. The standard InChI is InChI=1S/C23H18N2O3/c1-28-23(27)16-8-7-15(18-11-24-20-5-3-2-4-14(18)20)22(16)19-12-25-21-9-6-13(26)10-17(19)21/h2-7,9-12,24-26H,8H2,1H3. The van der Waals surface area contributed by atoms with E-state index < -0.39 is 0 Å². The number of ether oxygens (including phenoxy) is 1. The molecule has 0 aliphatic heterocycles. The molecule has 2 aromatic carbocycles. The normalized spacial score (nSPS) is 14.1. The first-order valence-corrected chi connectivity index (χ1v) is 9.06. The van der Waals surface area contributed by atoms with E-state index in [-0.39, 0.29) is 11.7 Å². The molecule has 5 nitrogen and oxygen atoms in total. The van der Waals surface area contributed by atoms with Crippen molar-refractivity contribution in [3.05, 3.63) is 77.6 Å². The highest BCUT2D eigenvalue weighted by Gasteiger charge is 2.28. The van der Waals surface area contributed by atoms with Gasteiger partial charge in [-0.1, -0.05) is 24.3 Å². The number of aromatic nitrogens is 2. The number of aromatic amines is 2. The van der Waals surface area contributed by atoms with Crippen LogP contribution in [0.1, 0.15) is 17.5 Å². The molecule has 28 heavy (non-hydrogen) atoms. The van der Waals surface area contributed by atoms with Crippen molar-refractivity contribution in [3.8, 4) is 5.75 Å². The van der Waals surface area contributed by atoms with E-state index >= 15 is 0 Å². The molecule has 0 saturated heterocycles. The molecule has 5 heteroatoms. The number of allylic oxidation sites excluding steroid dienone is 3. The minimum Gasteiger partial charge on any atom is -0.508 e. The summed E-state index contributed by atoms with van der Waals surface area (Å²) in [6.07, 6.45) is 6.43. The van der Waals surface area contributed by atoms with Crippen molar-refractivity contribution in [1.82, 2.24) is 9.97 Å². The zero-order valence-corrected chi connectivity index (χ0v) is 15.2. The van der Waals surface area contributed by atoms with Crippen molar-refractivity contribution in [1.29, 1.82) is 0 Å². The smallest absolute Gasteiger partial charge is 0.334 e. The van der Waals surface area contributed by atoms with Gasteiger partial charge in [-0.15, -0.1) is 0 Å². The molecule has 5 rings (SSSR count). The summed E-state index contributed by atoms with van der Waals surface area (Å²) in [5.41, 5.74) is 6.30. The highest BCUT2D eigenvalue weighted by molar-refractivity contribution is 6.22. The summed E-state index contributed by atoms with van der Waals surface area (Å²) in [7, 11) is 1.40. The molecule has 3 N–H and O–H groups in total. The predicted octanol–water partition coefficient (Wildman–Crippen LogP) is 4.77. The van der Waals surface area contributed by atoms with Crippen LogP contribution in [-0.2, 0) is 9.53 Å². The molecule has 2 aromatic heterocycles. The van der Waals surface area contributed by atoms with Crippen LogP contribution < -0.4 is 0 Å². The van der Waals surface area contributed by atoms with Crippen molar-refractivity contribution < 1.29 is 14.6 Å². The van der Waals surface area contributed by atoms with Crippen molar-refractivity contribution >= 4 is 38.9 Å². The minimum absolute atomic E-state index is 0.184. The lowest BCUT2D eigenvalue weighted by atomic mass is 9.92. The third-order valence-electron chi connectivity index (χ3n) is 5.33. The number of carbonyl (C=O) groups excluding carboxylic acids is 1. The van der Waals surface area contributed by atoms with Gasteiger partial charge in [0.15, 0.2) is 0 Å². The molecule has 2 heterocycles. The molecule has 0 unspecified atom stereocenters. The largest absolute Gasteiger partial charge is 0.508 e. The first kappa shape index (κ1) is 16.4. The Morgan fingerprint density at radius 3 is 2.57 bits per heavy atom. The van der Waals surface area contributed by atoms with Crippen LogP contribution in [-0.4, -0.2) is 28.2 Å². The molecule has 138 valence electrons. The van der Waals surface area contributed by atoms with Crippen LogP contribution in [0.4, 0.5) is 0 Å². The van der Waals surface area contributed by atoms with Gasteiger partial charge in [0, 0.05) is 56.5 Å². The number of fused-ring (bicyclic) bond motifs is 2. The molecule has 0 radical (unpaired) electrons. The second-order valence-electron chi connectivity index (χ2n) is 6.85. The Morgan fingerprint density at radius 1 is 1.00 bits per heavy atom. The lowest BCUT2D eigenvalue weighted by Crippen LogP contribution is -2.05. The highest BCUT2D eigenvalue weighted by atomic mass is 16.5. The Balaban J connectivity index is 1.77. The van der Waals surface area contributed by atoms with Crippen LogP contribution in [0, 0.1) is 0 Å². The molecule has 0 bridgehead atoms. The highest BCUT2D eigenvalue weighted by Crippen LogP contribution is 2.45. The number of benzene rings is 2. The number of phenolic OH excluding ortho intramolecular Hbond substituents is 1. The van der Waals surface area contributed by atoms with E-state index in [9.17, 15) is 9.90 Å². The molecular formula is C23H18N2O3. The van der Waals surface area contributed by atoms with Crippen LogP contribution in [0.25, 0.3) is 33.0 Å². The van der Waals surface area contributed by atoms with E-state index in [0.29, 0.717) is 12.0 Å². The maximum absolute atomic E-state index is 12.5. The van der Waals surface area contributed by atoms with E-state index in [1.165, 1.54) is 7.11 Å². The molecular weight excluding hydrogens is 352 g/mol. The number of esters is 1. The molecule has 0 spiro atoms. The predicted molar refractivity (Wildman–Crippen MR) is 110 cm³/mol. The second-order valence-corrected chi connectivity index (χ2v) is 6.85. The van der Waals surface area contributed by atoms with Gasteiger partial charge >= 0.3 is 5.97 Å². The number of nitrogens with one attached hydrogen (secondary N) is 2. The fourth-order valence-electron chi connectivity index (χ4n) is 4.04. The fraction of sp³-hybridized carbons (Fsp3) is 0.0870. The number of para-hydroxylation sites is 1. The Hall–Kier alpha value is -3.73. The monoisotopic (exact) mass is 370 g/mol. The lowest BCUT2D eigenvalue weighted by Gasteiger charge is -2.11. The van der Waals surface area contributed by atoms with E-state index in [1.54, 1.807) is 12.1 Å². The Kier molecular flexibility index (Phi) is 3.62. The maximum Gasteiger partial charge on any atom is 0.334 e. The zero-order valence-electron chi connectivity index (χ0n) is 15.2. The molecule has 4 aromatic rings. The van der Waals surface area contributed by atoms with Crippen molar-refractivity contribution in [2.75, 3.05) is 7.11 Å². The summed E-state index contributed by atoms with van der Waals surface area (Å²) in [4.78, 5) is 19.1. The number of rotatable bonds is 3. The lowest BCUT2D eigenvalue weighted by molar-refractivity contribution is -0.136. The number of phenols is 1. The van der Waals surface area contributed by atoms with Crippen molar-refractivity contribution in [3.63, 3.8) is 0 Å². The molecule has 1 aliphatic rings. The number of carbonyl (C=O) groups is 1. The summed E-state index contributed by atoms with van der Waals surface area (Å²) >= 11 is 0. The Labute approximate surface area is 161 Å². The van der Waals surface area contributed by atoms with Crippen LogP contribution in [0.15, 0.2) is 66.5 Å². The van der Waals surface area contributed by atoms with Crippen LogP contribution in [0.5, 0.6) is 5.75 Å². The third-order valence-corrected chi connectivity index (χ3v) is 5.33. The SMILES string of the molecule is COC(=O)C1=C(c2c[nH]c3ccc(O)cc23)C(c2c[nH]c3ccccc23)=CC1. The van der Waals surface area contributed by atoms with Gasteiger partial charge in [0.25, 0.3) is 0 Å². The van der Waals surface area contributed by atoms with Gasteiger partial charge in [-0.3, -0.25) is 0 Å². The summed E-state index contributed by atoms with van der Waals surface area (Å²) in [5, 5.41) is 11.9. The van der Waals surface area contributed by atoms with Gasteiger partial charge in [0.05, 0.1) is 7.11 Å². The molecule has 0 fully saturated rings. The van der Waals surface area contributed by atoms with Crippen LogP contribution in [0.2, 0.25) is 0 Å². The quantitative estimate of drug-likeness (QED) is 0.455. The van der Waals surface area contributed by atoms with Gasteiger partial charge in [-0.2, -0.15) is 0 Å². The first-order chi connectivity index (χ1) is 13.7. The molecule has 0 atom stereocenters. The van der Waals surface area contributed by atoms with Gasteiger partial charge in [-0.25, -0.2) is 4.79 Å². The van der Waals surface area contributed by atoms with Crippen LogP contribution >= 0.6 is 0 Å². The summed E-state index contributed by atoms with van der Waals surface area (Å²) in [5.74, 6) is -0.153. The van der Waals surface area contributed by atoms with E-state index in [1.807, 2.05) is 36.7 Å². The van der Waals surface area contributed by atoms with Crippen LogP contribution in [0.3, 0.4) is 0 Å². The molecule has 1 aliphatic carbocycles. The van der Waals surface area contributed by atoms with E-state index in [4.69, 9.17) is 4.74 Å². The number of hydrogen-bond acceptors (Lipinski definition) is 3. The topological polar surface area (TPSA) is 78.1 Å². The zero-order chi connectivity index (χ0) is 19.3. The Bertz CT molecular complexity index is 1300. The summed E-state index contributed by atoms with van der Waals surface area (Å²) in [6.45, 7) is 0. The van der Waals surface area contributed by atoms with E-state index in [0.717, 1.165) is 44.1 Å². The van der Waals surface area contributed by atoms with Crippen molar-refractivity contribution in [2.24, 2.45) is 0 Å². The minimum atomic E-state index is -0.337. The second kappa shape index (κ2) is 6.16. The summed E-state index contributed by atoms with van der Waals surface area (Å²) < 4.78 is 5.05. The number of methoxy groups -OCH3 is 1. The molecule has 0 amide bonds. The average molecular weight is 370 g/mol. The Morgan fingerprint density at radius 2 is 1.75 bits per heavy atom. The fourth-order valence-corrected chi connectivity index (χ4v) is 4.04. The van der Waals surface area contributed by atoms with Gasteiger partial charge in [-0.05, 0) is 36.3 Å². The van der Waals surface area contributed by atoms with Gasteiger partial charge in [0.1, 0.15) is 5.75 Å².